The third-order valence-corrected chi connectivity index (χ3v) is 5.43. The molecule has 3 rings (SSSR count). The highest BCUT2D eigenvalue weighted by Crippen LogP contribution is 2.22. The van der Waals surface area contributed by atoms with Crippen molar-refractivity contribution in [2.45, 2.75) is 19.9 Å². The first-order chi connectivity index (χ1) is 12.5. The number of hydrogen-bond acceptors (Lipinski definition) is 2. The predicted molar refractivity (Wildman–Crippen MR) is 107 cm³/mol. The number of nitrogens with zero attached hydrogens (tertiary/aromatic N) is 1. The lowest BCUT2D eigenvalue weighted by Crippen LogP contribution is -3.16. The van der Waals surface area contributed by atoms with Crippen LogP contribution in [0, 0.1) is 6.92 Å². The number of halogens is 1. The van der Waals surface area contributed by atoms with E-state index < -0.39 is 0 Å². The largest absolute Gasteiger partial charge is 0.360 e. The fourth-order valence-corrected chi connectivity index (χ4v) is 3.88. The van der Waals surface area contributed by atoms with E-state index in [1.165, 1.54) is 16.2 Å². The predicted octanol–water partition coefficient (Wildman–Crippen LogP) is 2.23. The average molecular weight is 373 g/mol. The zero-order valence-electron chi connectivity index (χ0n) is 15.5. The number of para-hydroxylation sites is 1. The molecule has 1 amide bonds. The lowest BCUT2D eigenvalue weighted by molar-refractivity contribution is -0.892. The van der Waals surface area contributed by atoms with E-state index in [1.54, 1.807) is 0 Å². The summed E-state index contributed by atoms with van der Waals surface area (Å²) in [5.41, 5.74) is 3.58. The number of piperazine rings is 1. The van der Waals surface area contributed by atoms with Gasteiger partial charge in [-0.3, -0.25) is 4.79 Å². The van der Waals surface area contributed by atoms with Crippen molar-refractivity contribution in [2.24, 2.45) is 0 Å². The smallest absolute Gasteiger partial charge is 0.275 e. The maximum atomic E-state index is 12.4. The van der Waals surface area contributed by atoms with Crippen LogP contribution in [-0.2, 0) is 4.79 Å². The fourth-order valence-electron chi connectivity index (χ4n) is 3.58. The van der Waals surface area contributed by atoms with Gasteiger partial charge < -0.3 is 15.1 Å². The van der Waals surface area contributed by atoms with Gasteiger partial charge in [0.1, 0.15) is 0 Å². The summed E-state index contributed by atoms with van der Waals surface area (Å²) in [6.07, 6.45) is 0. The average Bonchev–Trinajstić information content (AvgIpc) is 2.63. The van der Waals surface area contributed by atoms with E-state index in [4.69, 9.17) is 11.6 Å². The Bertz CT molecular complexity index is 756. The number of aryl methyl sites for hydroxylation is 1. The van der Waals surface area contributed by atoms with Gasteiger partial charge in [0, 0.05) is 10.7 Å². The number of nitrogens with one attached hydrogen (secondary N) is 2. The molecule has 26 heavy (non-hydrogen) atoms. The molecule has 0 spiro atoms. The maximum Gasteiger partial charge on any atom is 0.275 e. The first-order valence-corrected chi connectivity index (χ1v) is 9.60. The monoisotopic (exact) mass is 372 g/mol. The van der Waals surface area contributed by atoms with E-state index in [9.17, 15) is 4.79 Å². The van der Waals surface area contributed by atoms with Crippen LogP contribution in [0.1, 0.15) is 24.1 Å². The minimum Gasteiger partial charge on any atom is -0.360 e. The number of benzene rings is 2. The minimum absolute atomic E-state index is 0.0798. The number of rotatable bonds is 5. The summed E-state index contributed by atoms with van der Waals surface area (Å²) in [6.45, 7) is 8.55. The van der Waals surface area contributed by atoms with E-state index in [0.717, 1.165) is 31.7 Å². The molecule has 1 fully saturated rings. The second kappa shape index (κ2) is 8.56. The van der Waals surface area contributed by atoms with Gasteiger partial charge in [-0.2, -0.15) is 0 Å². The van der Waals surface area contributed by atoms with Gasteiger partial charge in [-0.1, -0.05) is 48.0 Å². The van der Waals surface area contributed by atoms with E-state index >= 15 is 0 Å². The maximum absolute atomic E-state index is 12.4. The van der Waals surface area contributed by atoms with E-state index in [1.807, 2.05) is 31.2 Å². The number of carbonyl (C=O) groups is 1. The van der Waals surface area contributed by atoms with Crippen molar-refractivity contribution in [3.8, 4) is 0 Å². The summed E-state index contributed by atoms with van der Waals surface area (Å²) in [5, 5.41) is 3.77. The van der Waals surface area contributed by atoms with Gasteiger partial charge in [-0.15, -0.1) is 0 Å². The zero-order valence-corrected chi connectivity index (χ0v) is 16.2. The summed E-state index contributed by atoms with van der Waals surface area (Å²) >= 11 is 6.22. The van der Waals surface area contributed by atoms with Crippen LogP contribution < -0.4 is 15.1 Å². The fraction of sp³-hybridized carbons (Fsp3) is 0.381. The van der Waals surface area contributed by atoms with Crippen molar-refractivity contribution in [1.82, 2.24) is 5.32 Å². The summed E-state index contributed by atoms with van der Waals surface area (Å²) in [4.78, 5) is 16.2. The third-order valence-electron chi connectivity index (χ3n) is 5.09. The molecule has 1 heterocycles. The Labute approximate surface area is 160 Å². The molecule has 0 aliphatic carbocycles. The Morgan fingerprint density at radius 1 is 1.15 bits per heavy atom. The quantitative estimate of drug-likeness (QED) is 0.844. The second-order valence-corrected chi connectivity index (χ2v) is 7.42. The Morgan fingerprint density at radius 2 is 1.81 bits per heavy atom. The third kappa shape index (κ3) is 4.57. The number of quaternary nitrogens is 1. The van der Waals surface area contributed by atoms with Gasteiger partial charge in [0.2, 0.25) is 0 Å². The topological polar surface area (TPSA) is 36.8 Å². The number of hydrogen-bond donors (Lipinski definition) is 2. The van der Waals surface area contributed by atoms with Crippen LogP contribution >= 0.6 is 11.6 Å². The Balaban J connectivity index is 1.49. The molecule has 1 aliphatic heterocycles. The number of amides is 1. The Kier molecular flexibility index (Phi) is 6.17. The van der Waals surface area contributed by atoms with Gasteiger partial charge in [0.05, 0.1) is 32.2 Å². The second-order valence-electron chi connectivity index (χ2n) is 7.01. The van der Waals surface area contributed by atoms with Crippen LogP contribution in [0.5, 0.6) is 0 Å². The molecular weight excluding hydrogens is 346 g/mol. The van der Waals surface area contributed by atoms with Crippen LogP contribution in [0.25, 0.3) is 0 Å². The Hall–Kier alpha value is -2.04. The molecule has 1 atom stereocenters. The molecule has 5 heteroatoms. The van der Waals surface area contributed by atoms with Crippen molar-refractivity contribution in [3.05, 3.63) is 64.7 Å². The molecule has 0 radical (unpaired) electrons. The van der Waals surface area contributed by atoms with Gasteiger partial charge in [-0.25, -0.2) is 0 Å². The molecule has 138 valence electrons. The summed E-state index contributed by atoms with van der Waals surface area (Å²) in [7, 11) is 0. The molecule has 0 bridgehead atoms. The van der Waals surface area contributed by atoms with E-state index in [2.05, 4.69) is 41.4 Å². The highest BCUT2D eigenvalue weighted by Gasteiger charge is 2.23. The van der Waals surface area contributed by atoms with Crippen LogP contribution in [-0.4, -0.2) is 38.6 Å². The summed E-state index contributed by atoms with van der Waals surface area (Å²) in [5.74, 6) is 0.0803. The highest BCUT2D eigenvalue weighted by atomic mass is 35.5. The van der Waals surface area contributed by atoms with Crippen molar-refractivity contribution >= 4 is 23.2 Å². The van der Waals surface area contributed by atoms with Gasteiger partial charge in [0.15, 0.2) is 6.54 Å². The standard InChI is InChI=1S/C21H26ClN3O/c1-16-7-3-6-10-20(16)25-13-11-24(12-14-25)15-21(26)23-17(2)18-8-4-5-9-19(18)22/h3-10,17H,11-15H2,1-2H3,(H,23,26)/p+1/t17-/m0/s1. The molecule has 2 N–H and O–H groups in total. The molecule has 0 unspecified atom stereocenters. The molecule has 1 aliphatic rings. The van der Waals surface area contributed by atoms with Crippen molar-refractivity contribution in [1.29, 1.82) is 0 Å². The molecule has 2 aromatic carbocycles. The van der Waals surface area contributed by atoms with Gasteiger partial charge >= 0.3 is 0 Å². The summed E-state index contributed by atoms with van der Waals surface area (Å²) < 4.78 is 0. The normalized spacial score (nSPS) is 16.3. The van der Waals surface area contributed by atoms with E-state index in [-0.39, 0.29) is 11.9 Å². The van der Waals surface area contributed by atoms with Crippen LogP contribution in [0.3, 0.4) is 0 Å². The highest BCUT2D eigenvalue weighted by molar-refractivity contribution is 6.31. The minimum atomic E-state index is -0.0798. The van der Waals surface area contributed by atoms with Crippen LogP contribution in [0.2, 0.25) is 5.02 Å². The molecule has 1 saturated heterocycles. The molecule has 4 nitrogen and oxygen atoms in total. The zero-order chi connectivity index (χ0) is 18.5. The molecule has 0 aromatic heterocycles. The molecule has 0 saturated carbocycles. The molecular formula is C21H27ClN3O+. The van der Waals surface area contributed by atoms with Gasteiger partial charge in [-0.05, 0) is 37.1 Å². The van der Waals surface area contributed by atoms with Crippen molar-refractivity contribution in [2.75, 3.05) is 37.6 Å². The van der Waals surface area contributed by atoms with Crippen molar-refractivity contribution in [3.63, 3.8) is 0 Å². The van der Waals surface area contributed by atoms with Crippen LogP contribution in [0.15, 0.2) is 48.5 Å². The lowest BCUT2D eigenvalue weighted by Gasteiger charge is -2.34. The first-order valence-electron chi connectivity index (χ1n) is 9.22. The van der Waals surface area contributed by atoms with Crippen LogP contribution in [0.4, 0.5) is 5.69 Å². The summed E-state index contributed by atoms with van der Waals surface area (Å²) in [6, 6.07) is 16.1. The van der Waals surface area contributed by atoms with Crippen molar-refractivity contribution < 1.29 is 9.69 Å². The molecule has 2 aromatic rings. The Morgan fingerprint density at radius 3 is 2.50 bits per heavy atom. The number of anilines is 1. The SMILES string of the molecule is Cc1ccccc1N1CC[NH+](CC(=O)N[C@@H](C)c2ccccc2Cl)CC1. The number of carbonyl (C=O) groups excluding carboxylic acids is 1. The van der Waals surface area contributed by atoms with Gasteiger partial charge in [0.25, 0.3) is 5.91 Å². The lowest BCUT2D eigenvalue weighted by atomic mass is 10.1. The first kappa shape index (κ1) is 18.7. The van der Waals surface area contributed by atoms with E-state index in [0.29, 0.717) is 11.6 Å².